The van der Waals surface area contributed by atoms with Crippen LogP contribution in [0.1, 0.15) is 26.3 Å². The lowest BCUT2D eigenvalue weighted by Crippen LogP contribution is -2.29. The van der Waals surface area contributed by atoms with Gasteiger partial charge in [0.25, 0.3) is 0 Å². The van der Waals surface area contributed by atoms with Crippen LogP contribution >= 0.6 is 0 Å². The van der Waals surface area contributed by atoms with Gasteiger partial charge in [0.15, 0.2) is 0 Å². The fourth-order valence-corrected chi connectivity index (χ4v) is 2.78. The van der Waals surface area contributed by atoms with Crippen LogP contribution in [0.4, 0.5) is 5.82 Å². The lowest BCUT2D eigenvalue weighted by molar-refractivity contribution is -0.116. The first-order valence-corrected chi connectivity index (χ1v) is 8.00. The molecule has 0 saturated heterocycles. The van der Waals surface area contributed by atoms with E-state index in [1.807, 2.05) is 31.2 Å². The lowest BCUT2D eigenvalue weighted by atomic mass is 10.3. The van der Waals surface area contributed by atoms with Gasteiger partial charge in [0.05, 0.1) is 23.3 Å². The highest BCUT2D eigenvalue weighted by Crippen LogP contribution is 2.17. The van der Waals surface area contributed by atoms with Crippen LogP contribution in [-0.4, -0.2) is 24.8 Å². The third-order valence-corrected chi connectivity index (χ3v) is 4.30. The van der Waals surface area contributed by atoms with Gasteiger partial charge in [-0.2, -0.15) is 5.10 Å². The van der Waals surface area contributed by atoms with Gasteiger partial charge in [0.2, 0.25) is 5.91 Å². The number of aromatic nitrogens is 4. The second-order valence-electron chi connectivity index (χ2n) is 5.88. The van der Waals surface area contributed by atoms with Gasteiger partial charge in [-0.25, -0.2) is 9.48 Å². The van der Waals surface area contributed by atoms with Gasteiger partial charge < -0.3 is 5.32 Å². The number of nitrogens with zero attached hydrogens (tertiary/aromatic N) is 4. The van der Waals surface area contributed by atoms with Crippen molar-refractivity contribution in [3.63, 3.8) is 0 Å². The molecule has 0 fully saturated rings. The van der Waals surface area contributed by atoms with Gasteiger partial charge in [-0.3, -0.25) is 13.9 Å². The molecule has 0 aliphatic heterocycles. The predicted molar refractivity (Wildman–Crippen MR) is 93.0 cm³/mol. The Bertz CT molecular complexity index is 934. The van der Waals surface area contributed by atoms with Crippen molar-refractivity contribution in [2.75, 3.05) is 5.32 Å². The van der Waals surface area contributed by atoms with Gasteiger partial charge >= 0.3 is 5.69 Å². The van der Waals surface area contributed by atoms with Crippen LogP contribution in [0.15, 0.2) is 41.3 Å². The number of anilines is 1. The second kappa shape index (κ2) is 6.35. The van der Waals surface area contributed by atoms with Crippen molar-refractivity contribution in [3.8, 4) is 0 Å². The average molecular weight is 327 g/mol. The first-order valence-electron chi connectivity index (χ1n) is 8.00. The topological polar surface area (TPSA) is 73.8 Å². The highest BCUT2D eigenvalue weighted by molar-refractivity contribution is 5.90. The number of amides is 1. The predicted octanol–water partition coefficient (Wildman–Crippen LogP) is 2.15. The Morgan fingerprint density at radius 1 is 1.25 bits per heavy atom. The number of carbonyl (C=O) groups is 1. The highest BCUT2D eigenvalue weighted by Gasteiger charge is 2.15. The van der Waals surface area contributed by atoms with Crippen molar-refractivity contribution in [1.29, 1.82) is 0 Å². The molecule has 1 N–H and O–H groups in total. The summed E-state index contributed by atoms with van der Waals surface area (Å²) < 4.78 is 4.81. The maximum absolute atomic E-state index is 12.4. The number of benzene rings is 1. The molecule has 0 bridgehead atoms. The van der Waals surface area contributed by atoms with Crippen LogP contribution in [0.2, 0.25) is 0 Å². The highest BCUT2D eigenvalue weighted by atomic mass is 16.2. The molecule has 1 amide bonds. The third kappa shape index (κ3) is 2.73. The standard InChI is InChI=1S/C17H21N5O2/c1-4-12(2)22-15(9-10-18-22)19-16(23)11-21-14-8-6-5-7-13(14)20(3)17(21)24/h5-10,12H,4,11H2,1-3H3,(H,19,23). The monoisotopic (exact) mass is 327 g/mol. The molecular formula is C17H21N5O2. The van der Waals surface area contributed by atoms with E-state index in [1.165, 1.54) is 4.57 Å². The molecule has 1 atom stereocenters. The molecule has 0 aliphatic carbocycles. The van der Waals surface area contributed by atoms with E-state index in [0.29, 0.717) is 5.82 Å². The van der Waals surface area contributed by atoms with Crippen molar-refractivity contribution in [2.24, 2.45) is 7.05 Å². The Morgan fingerprint density at radius 3 is 2.67 bits per heavy atom. The number of rotatable bonds is 5. The summed E-state index contributed by atoms with van der Waals surface area (Å²) in [7, 11) is 1.71. The molecule has 3 aromatic rings. The number of para-hydroxylation sites is 2. The number of imidazole rings is 1. The Balaban J connectivity index is 1.85. The first-order chi connectivity index (χ1) is 11.5. The molecule has 0 saturated carbocycles. The second-order valence-corrected chi connectivity index (χ2v) is 5.88. The maximum atomic E-state index is 12.4. The Hall–Kier alpha value is -2.83. The third-order valence-electron chi connectivity index (χ3n) is 4.30. The molecule has 0 aliphatic rings. The molecule has 7 nitrogen and oxygen atoms in total. The van der Waals surface area contributed by atoms with Crippen LogP contribution < -0.4 is 11.0 Å². The smallest absolute Gasteiger partial charge is 0.309 e. The molecule has 1 aromatic carbocycles. The van der Waals surface area contributed by atoms with E-state index in [0.717, 1.165) is 17.5 Å². The van der Waals surface area contributed by atoms with Crippen LogP contribution in [0.25, 0.3) is 11.0 Å². The number of aryl methyl sites for hydroxylation is 1. The molecule has 2 aromatic heterocycles. The van der Waals surface area contributed by atoms with Gasteiger partial charge in [0.1, 0.15) is 12.4 Å². The summed E-state index contributed by atoms with van der Waals surface area (Å²) in [5, 5.41) is 7.10. The van der Waals surface area contributed by atoms with Crippen molar-refractivity contribution in [2.45, 2.75) is 32.9 Å². The quantitative estimate of drug-likeness (QED) is 0.780. The summed E-state index contributed by atoms with van der Waals surface area (Å²) in [6.07, 6.45) is 2.57. The van der Waals surface area contributed by atoms with E-state index in [1.54, 1.807) is 28.6 Å². The van der Waals surface area contributed by atoms with E-state index in [4.69, 9.17) is 0 Å². The summed E-state index contributed by atoms with van der Waals surface area (Å²) in [5.74, 6) is 0.390. The molecule has 1 unspecified atom stereocenters. The van der Waals surface area contributed by atoms with Crippen molar-refractivity contribution in [1.82, 2.24) is 18.9 Å². The molecule has 2 heterocycles. The SMILES string of the molecule is CCC(C)n1nccc1NC(=O)Cn1c(=O)n(C)c2ccccc21. The summed E-state index contributed by atoms with van der Waals surface area (Å²) in [4.78, 5) is 24.8. The van der Waals surface area contributed by atoms with E-state index >= 15 is 0 Å². The Kier molecular flexibility index (Phi) is 4.24. The molecular weight excluding hydrogens is 306 g/mol. The molecule has 0 spiro atoms. The molecule has 126 valence electrons. The zero-order valence-electron chi connectivity index (χ0n) is 14.1. The lowest BCUT2D eigenvalue weighted by Gasteiger charge is -2.14. The Morgan fingerprint density at radius 2 is 1.96 bits per heavy atom. The van der Waals surface area contributed by atoms with E-state index in [9.17, 15) is 9.59 Å². The molecule has 0 radical (unpaired) electrons. The largest absolute Gasteiger partial charge is 0.329 e. The zero-order chi connectivity index (χ0) is 17.3. The Labute approximate surface area is 139 Å². The minimum absolute atomic E-state index is 0.0358. The van der Waals surface area contributed by atoms with E-state index < -0.39 is 0 Å². The number of fused-ring (bicyclic) bond motifs is 1. The van der Waals surface area contributed by atoms with Crippen molar-refractivity contribution >= 4 is 22.8 Å². The van der Waals surface area contributed by atoms with Crippen molar-refractivity contribution < 1.29 is 4.79 Å². The summed E-state index contributed by atoms with van der Waals surface area (Å²) >= 11 is 0. The number of nitrogens with one attached hydrogen (secondary N) is 1. The van der Waals surface area contributed by atoms with Gasteiger partial charge in [-0.05, 0) is 25.5 Å². The van der Waals surface area contributed by atoms with E-state index in [-0.39, 0.29) is 24.2 Å². The van der Waals surface area contributed by atoms with Crippen LogP contribution in [0, 0.1) is 0 Å². The molecule has 7 heteroatoms. The van der Waals surface area contributed by atoms with Gasteiger partial charge in [0, 0.05) is 13.1 Å². The fraction of sp³-hybridized carbons (Fsp3) is 0.353. The van der Waals surface area contributed by atoms with Crippen LogP contribution in [0.3, 0.4) is 0 Å². The van der Waals surface area contributed by atoms with Crippen LogP contribution in [-0.2, 0) is 18.4 Å². The fourth-order valence-electron chi connectivity index (χ4n) is 2.78. The number of hydrogen-bond acceptors (Lipinski definition) is 3. The molecule has 24 heavy (non-hydrogen) atoms. The van der Waals surface area contributed by atoms with E-state index in [2.05, 4.69) is 17.3 Å². The zero-order valence-corrected chi connectivity index (χ0v) is 14.1. The minimum atomic E-state index is -0.251. The van der Waals surface area contributed by atoms with Gasteiger partial charge in [-0.1, -0.05) is 19.1 Å². The maximum Gasteiger partial charge on any atom is 0.329 e. The number of hydrogen-bond donors (Lipinski definition) is 1. The number of carbonyl (C=O) groups excluding carboxylic acids is 1. The normalized spacial score (nSPS) is 12.5. The summed E-state index contributed by atoms with van der Waals surface area (Å²) in [6, 6.07) is 9.38. The average Bonchev–Trinajstić information content (AvgIpc) is 3.13. The molecule has 3 rings (SSSR count). The van der Waals surface area contributed by atoms with Crippen LogP contribution in [0.5, 0.6) is 0 Å². The summed E-state index contributed by atoms with van der Waals surface area (Å²) in [5.41, 5.74) is 1.34. The summed E-state index contributed by atoms with van der Waals surface area (Å²) in [6.45, 7) is 4.07. The first kappa shape index (κ1) is 16.0. The van der Waals surface area contributed by atoms with Gasteiger partial charge in [-0.15, -0.1) is 0 Å². The minimum Gasteiger partial charge on any atom is -0.309 e. The van der Waals surface area contributed by atoms with Crippen molar-refractivity contribution in [3.05, 3.63) is 47.0 Å².